The number of hydrogen-bond donors (Lipinski definition) is 2. The summed E-state index contributed by atoms with van der Waals surface area (Å²) in [4.78, 5) is 17.1. The molecule has 2 aromatic carbocycles. The Kier molecular flexibility index (Phi) is 6.21. The van der Waals surface area contributed by atoms with E-state index in [9.17, 15) is 5.11 Å². The molecule has 3 aromatic rings. The molecule has 5 heterocycles. The van der Waals surface area contributed by atoms with E-state index in [1.54, 1.807) is 6.07 Å². The SMILES string of the molecule is CN1CCCC1COc1nc2c(c(N3C[C@H]4CC[C@@H](C3)N4)n1)CCN(c1cc(O)c(Cl)c3ccccc13)C2. The molecule has 1 unspecified atom stereocenters. The van der Waals surface area contributed by atoms with Gasteiger partial charge in [0, 0.05) is 65.8 Å². The lowest BCUT2D eigenvalue weighted by molar-refractivity contribution is 0.187. The van der Waals surface area contributed by atoms with E-state index in [0.717, 1.165) is 67.0 Å². The molecule has 0 amide bonds. The Balaban J connectivity index is 1.24. The number of rotatable bonds is 5. The fourth-order valence-electron chi connectivity index (χ4n) is 6.82. The molecular weight excluding hydrogens is 500 g/mol. The highest BCUT2D eigenvalue weighted by Gasteiger charge is 2.35. The van der Waals surface area contributed by atoms with Crippen LogP contribution in [-0.4, -0.2) is 77.9 Å². The highest BCUT2D eigenvalue weighted by atomic mass is 35.5. The fourth-order valence-corrected chi connectivity index (χ4v) is 7.04. The van der Waals surface area contributed by atoms with Crippen LogP contribution in [0.15, 0.2) is 30.3 Å². The lowest BCUT2D eigenvalue weighted by Crippen LogP contribution is -2.52. The van der Waals surface area contributed by atoms with Gasteiger partial charge in [0.2, 0.25) is 0 Å². The van der Waals surface area contributed by atoms with Crippen LogP contribution in [0.3, 0.4) is 0 Å². The van der Waals surface area contributed by atoms with Crippen LogP contribution in [-0.2, 0) is 13.0 Å². The third-order valence-electron chi connectivity index (χ3n) is 8.89. The van der Waals surface area contributed by atoms with Gasteiger partial charge in [-0.25, -0.2) is 0 Å². The first-order valence-electron chi connectivity index (χ1n) is 13.9. The average molecular weight is 535 g/mol. The van der Waals surface area contributed by atoms with Gasteiger partial charge in [0.25, 0.3) is 0 Å². The molecular formula is C29H35ClN6O2. The lowest BCUT2D eigenvalue weighted by atomic mass is 10.0. The second-order valence-corrected chi connectivity index (χ2v) is 11.7. The molecule has 1 aromatic heterocycles. The Morgan fingerprint density at radius 1 is 1.05 bits per heavy atom. The minimum absolute atomic E-state index is 0.107. The van der Waals surface area contributed by atoms with Gasteiger partial charge in [-0.1, -0.05) is 35.9 Å². The van der Waals surface area contributed by atoms with Crippen LogP contribution in [0.25, 0.3) is 10.8 Å². The minimum atomic E-state index is 0.107. The van der Waals surface area contributed by atoms with E-state index in [1.807, 2.05) is 18.2 Å². The summed E-state index contributed by atoms with van der Waals surface area (Å²) in [6, 6.07) is 11.7. The van der Waals surface area contributed by atoms with Gasteiger partial charge in [-0.3, -0.25) is 0 Å². The summed E-state index contributed by atoms with van der Waals surface area (Å²) in [6.45, 7) is 5.13. The van der Waals surface area contributed by atoms with Crippen LogP contribution in [0.5, 0.6) is 11.8 Å². The number of phenols is 1. The fraction of sp³-hybridized carbons (Fsp3) is 0.517. The maximum Gasteiger partial charge on any atom is 0.318 e. The van der Waals surface area contributed by atoms with Crippen molar-refractivity contribution in [2.75, 3.05) is 49.6 Å². The quantitative estimate of drug-likeness (QED) is 0.509. The maximum absolute atomic E-state index is 10.6. The molecule has 4 aliphatic heterocycles. The number of hydrogen-bond acceptors (Lipinski definition) is 8. The highest BCUT2D eigenvalue weighted by molar-refractivity contribution is 6.37. The Morgan fingerprint density at radius 2 is 1.84 bits per heavy atom. The smallest absolute Gasteiger partial charge is 0.318 e. The van der Waals surface area contributed by atoms with Gasteiger partial charge in [-0.05, 0) is 45.7 Å². The third-order valence-corrected chi connectivity index (χ3v) is 9.29. The van der Waals surface area contributed by atoms with Crippen molar-refractivity contribution < 1.29 is 9.84 Å². The van der Waals surface area contributed by atoms with Gasteiger partial charge in [0.1, 0.15) is 18.2 Å². The van der Waals surface area contributed by atoms with Crippen molar-refractivity contribution in [3.8, 4) is 11.8 Å². The minimum Gasteiger partial charge on any atom is -0.506 e. The summed E-state index contributed by atoms with van der Waals surface area (Å²) in [5, 5.41) is 16.6. The van der Waals surface area contributed by atoms with Crippen molar-refractivity contribution in [1.82, 2.24) is 20.2 Å². The Morgan fingerprint density at radius 3 is 2.61 bits per heavy atom. The molecule has 38 heavy (non-hydrogen) atoms. The zero-order valence-corrected chi connectivity index (χ0v) is 22.6. The number of likely N-dealkylation sites (tertiary alicyclic amines) is 1. The molecule has 4 aliphatic rings. The normalized spacial score (nSPS) is 25.3. The second kappa shape index (κ2) is 9.74. The number of ether oxygens (including phenoxy) is 1. The molecule has 7 rings (SSSR count). The number of halogens is 1. The van der Waals surface area contributed by atoms with Gasteiger partial charge in [0.15, 0.2) is 0 Å². The van der Waals surface area contributed by atoms with Crippen LogP contribution < -0.4 is 19.9 Å². The van der Waals surface area contributed by atoms with Crippen molar-refractivity contribution >= 4 is 33.9 Å². The van der Waals surface area contributed by atoms with Gasteiger partial charge in [0.05, 0.1) is 17.3 Å². The molecule has 0 radical (unpaired) electrons. The first-order valence-corrected chi connectivity index (χ1v) is 14.3. The monoisotopic (exact) mass is 534 g/mol. The first-order chi connectivity index (χ1) is 18.5. The van der Waals surface area contributed by atoms with Crippen molar-refractivity contribution in [1.29, 1.82) is 0 Å². The number of fused-ring (bicyclic) bond motifs is 4. The second-order valence-electron chi connectivity index (χ2n) is 11.3. The predicted octanol–water partition coefficient (Wildman–Crippen LogP) is 3.97. The van der Waals surface area contributed by atoms with E-state index >= 15 is 0 Å². The molecule has 3 saturated heterocycles. The van der Waals surface area contributed by atoms with Crippen LogP contribution in [0.2, 0.25) is 5.02 Å². The molecule has 3 fully saturated rings. The summed E-state index contributed by atoms with van der Waals surface area (Å²) in [7, 11) is 2.17. The van der Waals surface area contributed by atoms with Gasteiger partial charge in [-0.15, -0.1) is 0 Å². The summed E-state index contributed by atoms with van der Waals surface area (Å²) in [5.41, 5.74) is 3.22. The van der Waals surface area contributed by atoms with Gasteiger partial charge in [-0.2, -0.15) is 9.97 Å². The van der Waals surface area contributed by atoms with E-state index in [2.05, 4.69) is 33.1 Å². The molecule has 0 spiro atoms. The number of aromatic hydroxyl groups is 1. The summed E-state index contributed by atoms with van der Waals surface area (Å²) in [6.07, 6.45) is 5.66. The number of likely N-dealkylation sites (N-methyl/N-ethyl adjacent to an activating group) is 1. The number of benzene rings is 2. The maximum atomic E-state index is 10.6. The lowest BCUT2D eigenvalue weighted by Gasteiger charge is -2.37. The Labute approximate surface area is 228 Å². The molecule has 3 atom stereocenters. The molecule has 2 N–H and O–H groups in total. The summed E-state index contributed by atoms with van der Waals surface area (Å²) < 4.78 is 6.29. The molecule has 2 bridgehead atoms. The molecule has 8 nitrogen and oxygen atoms in total. The predicted molar refractivity (Wildman–Crippen MR) is 151 cm³/mol. The standard InChI is InChI=1S/C29H35ClN6O2/c1-34-11-4-5-20(34)17-38-29-32-24-16-35(25-13-26(37)27(30)22-7-3-2-6-21(22)25)12-10-23(24)28(33-29)36-14-18-8-9-19(15-36)31-18/h2-3,6-7,13,18-20,31,37H,4-5,8-12,14-17H2,1H3/t18-,19+,20?. The molecule has 200 valence electrons. The van der Waals surface area contributed by atoms with Crippen molar-refractivity contribution in [2.45, 2.75) is 56.8 Å². The summed E-state index contributed by atoms with van der Waals surface area (Å²) in [5.74, 6) is 1.15. The van der Waals surface area contributed by atoms with Gasteiger partial charge >= 0.3 is 6.01 Å². The van der Waals surface area contributed by atoms with E-state index in [4.69, 9.17) is 26.3 Å². The number of phenolic OH excluding ortho intramolecular Hbond substituents is 1. The first kappa shape index (κ1) is 24.2. The van der Waals surface area contributed by atoms with E-state index in [1.165, 1.54) is 24.8 Å². The van der Waals surface area contributed by atoms with Gasteiger partial charge < -0.3 is 29.9 Å². The third kappa shape index (κ3) is 4.32. The summed E-state index contributed by atoms with van der Waals surface area (Å²) >= 11 is 6.45. The van der Waals surface area contributed by atoms with Crippen LogP contribution in [0.4, 0.5) is 11.5 Å². The number of anilines is 2. The van der Waals surface area contributed by atoms with Crippen LogP contribution in [0, 0.1) is 0 Å². The van der Waals surface area contributed by atoms with Crippen molar-refractivity contribution in [2.24, 2.45) is 0 Å². The largest absolute Gasteiger partial charge is 0.506 e. The number of piperazine rings is 1. The zero-order chi connectivity index (χ0) is 25.8. The van der Waals surface area contributed by atoms with Crippen molar-refractivity contribution in [3.63, 3.8) is 0 Å². The average Bonchev–Trinajstić information content (AvgIpc) is 3.51. The Bertz CT molecular complexity index is 1360. The van der Waals surface area contributed by atoms with Crippen LogP contribution in [0.1, 0.15) is 36.9 Å². The molecule has 9 heteroatoms. The molecule has 0 aliphatic carbocycles. The number of nitrogens with one attached hydrogen (secondary N) is 1. The highest BCUT2D eigenvalue weighted by Crippen LogP contribution is 2.41. The number of nitrogens with zero attached hydrogens (tertiary/aromatic N) is 5. The van der Waals surface area contributed by atoms with E-state index < -0.39 is 0 Å². The topological polar surface area (TPSA) is 77.0 Å². The van der Waals surface area contributed by atoms with E-state index in [0.29, 0.717) is 42.3 Å². The van der Waals surface area contributed by atoms with Crippen LogP contribution >= 0.6 is 11.6 Å². The molecule has 0 saturated carbocycles. The van der Waals surface area contributed by atoms with Crippen molar-refractivity contribution in [3.05, 3.63) is 46.6 Å². The number of aromatic nitrogens is 2. The zero-order valence-electron chi connectivity index (χ0n) is 21.9. The van der Waals surface area contributed by atoms with E-state index in [-0.39, 0.29) is 5.75 Å². The Hall–Kier alpha value is -2.81.